The number of aliphatic imine (C=N–C) groups is 1. The van der Waals surface area contributed by atoms with Crippen molar-refractivity contribution in [3.63, 3.8) is 0 Å². The van der Waals surface area contributed by atoms with Gasteiger partial charge in [0.15, 0.2) is 175 Å². The van der Waals surface area contributed by atoms with Gasteiger partial charge in [0.25, 0.3) is 13.4 Å². The third-order valence-electron chi connectivity index (χ3n) is 12.5. The Bertz CT molecular complexity index is 2840. The molecule has 454 valence electrons. The van der Waals surface area contributed by atoms with E-state index in [1.807, 2.05) is 0 Å². The first-order valence-corrected chi connectivity index (χ1v) is 23.6. The molecule has 34 heteroatoms. The van der Waals surface area contributed by atoms with Gasteiger partial charge < -0.3 is 5.32 Å². The summed E-state index contributed by atoms with van der Waals surface area (Å²) in [5.74, 6) is -89.2. The average molecular weight is 1250 g/mol. The molecule has 0 fully saturated rings. The molecule has 6 aromatic rings. The number of halogens is 30. The number of rotatable bonds is 16. The number of nitrogens with one attached hydrogen (secondary N) is 1. The van der Waals surface area contributed by atoms with Gasteiger partial charge >= 0.3 is 0 Å². The first kappa shape index (κ1) is 67.6. The molecule has 0 amide bonds. The highest BCUT2D eigenvalue weighted by Crippen LogP contribution is 2.27. The third kappa shape index (κ3) is 12.8. The fraction of sp³-hybridized carbons (Fsp3) is 0.260. The fourth-order valence-electron chi connectivity index (χ4n) is 8.34. The van der Waals surface area contributed by atoms with Crippen molar-refractivity contribution in [1.29, 1.82) is 0 Å². The van der Waals surface area contributed by atoms with Gasteiger partial charge in [-0.05, 0) is 6.42 Å². The van der Waals surface area contributed by atoms with Gasteiger partial charge in [0.05, 0.1) is 12.4 Å². The topological polar surface area (TPSA) is 24.4 Å². The van der Waals surface area contributed by atoms with E-state index in [2.05, 4.69) is 17.2 Å². The van der Waals surface area contributed by atoms with Crippen molar-refractivity contribution >= 4 is 52.0 Å². The summed E-state index contributed by atoms with van der Waals surface area (Å²) in [4.78, 5) is 4.41. The van der Waals surface area contributed by atoms with Gasteiger partial charge in [-0.2, -0.15) is 0 Å². The lowest BCUT2D eigenvalue weighted by Gasteiger charge is -2.21. The normalized spacial score (nSPS) is 12.1. The molecule has 1 aliphatic heterocycles. The van der Waals surface area contributed by atoms with Gasteiger partial charge in [-0.25, -0.2) is 132 Å². The lowest BCUT2D eigenvalue weighted by Crippen LogP contribution is -2.60. The molecule has 6 aromatic carbocycles. The Morgan fingerprint density at radius 2 is 0.417 bits per heavy atom. The highest BCUT2D eigenvalue weighted by atomic mass is 19.2. The van der Waals surface area contributed by atoms with Gasteiger partial charge in [-0.3, -0.25) is 4.99 Å². The second-order valence-electron chi connectivity index (χ2n) is 17.6. The first-order valence-electron chi connectivity index (χ1n) is 23.6. The quantitative estimate of drug-likeness (QED) is 0.0337. The van der Waals surface area contributed by atoms with Crippen LogP contribution in [0.5, 0.6) is 0 Å². The van der Waals surface area contributed by atoms with Crippen molar-refractivity contribution in [2.45, 2.75) is 71.1 Å². The zero-order valence-corrected chi connectivity index (χ0v) is 41.4. The van der Waals surface area contributed by atoms with Gasteiger partial charge in [0.2, 0.25) is 0 Å². The van der Waals surface area contributed by atoms with Crippen LogP contribution in [0.3, 0.4) is 0 Å². The van der Waals surface area contributed by atoms with E-state index in [-0.39, 0.29) is 0 Å². The maximum atomic E-state index is 14.4. The van der Waals surface area contributed by atoms with E-state index in [1.165, 1.54) is 70.0 Å². The highest BCUT2D eigenvalue weighted by Gasteiger charge is 2.47. The minimum atomic E-state index is -3.96. The van der Waals surface area contributed by atoms with E-state index in [0.717, 1.165) is 13.1 Å². The van der Waals surface area contributed by atoms with Crippen LogP contribution < -0.4 is 38.1 Å². The van der Waals surface area contributed by atoms with Gasteiger partial charge in [0, 0.05) is 45.7 Å². The maximum Gasteiger partial charge on any atom is 0.265 e. The molecule has 1 aliphatic rings. The number of nitrogens with zero attached hydrogens (tertiary/aromatic N) is 1. The fourth-order valence-corrected chi connectivity index (χ4v) is 8.34. The summed E-state index contributed by atoms with van der Waals surface area (Å²) in [5.41, 5.74) is -16.1. The van der Waals surface area contributed by atoms with E-state index in [9.17, 15) is 132 Å². The molecule has 84 heavy (non-hydrogen) atoms. The molecule has 0 aliphatic carbocycles. The molecule has 0 unspecified atom stereocenters. The van der Waals surface area contributed by atoms with Gasteiger partial charge in [-0.15, -0.1) is 0 Å². The van der Waals surface area contributed by atoms with Crippen molar-refractivity contribution in [2.75, 3.05) is 13.1 Å². The number of hydrogen-bond acceptors (Lipinski definition) is 2. The second-order valence-corrected chi connectivity index (χ2v) is 17.6. The van der Waals surface area contributed by atoms with Gasteiger partial charge in [0.1, 0.15) is 0 Å². The van der Waals surface area contributed by atoms with E-state index >= 15 is 0 Å². The largest absolute Gasteiger partial charge is 0.372 e. The van der Waals surface area contributed by atoms with Crippen molar-refractivity contribution in [3.05, 3.63) is 175 Å². The Kier molecular flexibility index (Phi) is 22.3. The van der Waals surface area contributed by atoms with E-state index in [0.29, 0.717) is 0 Å². The molecule has 0 spiro atoms. The van der Waals surface area contributed by atoms with Crippen LogP contribution in [0.15, 0.2) is 4.99 Å². The predicted molar refractivity (Wildman–Crippen MR) is 239 cm³/mol. The Labute approximate surface area is 452 Å². The van der Waals surface area contributed by atoms with Crippen LogP contribution in [0.2, 0.25) is 0 Å². The standard InChI is InChI=1S/2C18BF15.C14H28N2/c2*20-4-1(5(21)11(27)16(32)10(4)26)19(2-6(22)12(28)17(33)13(29)7(2)23)3-8(24)14(30)18(34)15(31)9(3)25;1-2-3-4-5-6-7-8-9-10-11-14-15-12-13-16-14/h;;2-13H2,1H3,(H,15,16). The van der Waals surface area contributed by atoms with E-state index in [4.69, 9.17) is 0 Å². The Morgan fingerprint density at radius 3 is 0.583 bits per heavy atom. The zero-order valence-electron chi connectivity index (χ0n) is 41.4. The summed E-state index contributed by atoms with van der Waals surface area (Å²) in [5, 5.41) is 3.33. The van der Waals surface area contributed by atoms with Crippen LogP contribution in [0, 0.1) is 175 Å². The Hall–Kier alpha value is -7.18. The number of hydrogen-bond donors (Lipinski definition) is 1. The van der Waals surface area contributed by atoms with Crippen molar-refractivity contribution in [3.8, 4) is 0 Å². The molecule has 0 aromatic heterocycles. The monoisotopic (exact) mass is 1250 g/mol. The molecule has 2 nitrogen and oxygen atoms in total. The van der Waals surface area contributed by atoms with Crippen molar-refractivity contribution < 1.29 is 132 Å². The van der Waals surface area contributed by atoms with E-state index in [1.54, 1.807) is 0 Å². The number of benzene rings is 6. The SMILES string of the molecule is CCCCCCCCCCCC1=NCCN1.Fc1c(F)c(F)c(B(c2c(F)c(F)c(F)c(F)c2F)c2c(F)c(F)c(F)c(F)c2F)c(F)c1F.Fc1c(F)c(F)c(B(c2c(F)c(F)c(F)c(F)c2F)c2c(F)c(F)c(F)c(F)c2F)c(F)c1F. The average Bonchev–Trinajstić information content (AvgIpc) is 2.35. The summed E-state index contributed by atoms with van der Waals surface area (Å²) in [6.07, 6.45) is 13.8. The lowest BCUT2D eigenvalue weighted by atomic mass is 9.36. The third-order valence-corrected chi connectivity index (χ3v) is 12.5. The van der Waals surface area contributed by atoms with Crippen LogP contribution in [0.1, 0.15) is 71.1 Å². The first-order chi connectivity index (χ1) is 39.3. The lowest BCUT2D eigenvalue weighted by molar-refractivity contribution is 0.380. The number of amidine groups is 1. The van der Waals surface area contributed by atoms with Crippen LogP contribution in [-0.4, -0.2) is 32.4 Å². The molecular weight excluding hydrogens is 1220 g/mol. The van der Waals surface area contributed by atoms with Crippen molar-refractivity contribution in [1.82, 2.24) is 5.32 Å². The summed E-state index contributed by atoms with van der Waals surface area (Å²) < 4.78 is 417. The van der Waals surface area contributed by atoms with Crippen molar-refractivity contribution in [2.24, 2.45) is 4.99 Å². The molecule has 7 rings (SSSR count). The Balaban J connectivity index is 0.000000246. The molecule has 0 atom stereocenters. The summed E-state index contributed by atoms with van der Waals surface area (Å²) in [7, 11) is 0. The molecule has 1 heterocycles. The van der Waals surface area contributed by atoms with Crippen LogP contribution in [0.25, 0.3) is 0 Å². The molecule has 0 radical (unpaired) electrons. The molecule has 0 bridgehead atoms. The van der Waals surface area contributed by atoms with E-state index < -0.39 is 221 Å². The maximum absolute atomic E-state index is 14.4. The summed E-state index contributed by atoms with van der Waals surface area (Å²) >= 11 is 0. The Morgan fingerprint density at radius 1 is 0.250 bits per heavy atom. The number of unbranched alkanes of at least 4 members (excludes halogenated alkanes) is 8. The zero-order chi connectivity index (χ0) is 63.4. The highest BCUT2D eigenvalue weighted by molar-refractivity contribution is 6.96. The van der Waals surface area contributed by atoms with Crippen LogP contribution in [0.4, 0.5) is 132 Å². The minimum absolute atomic E-state index is 0.993. The second kappa shape index (κ2) is 27.7. The minimum Gasteiger partial charge on any atom is -0.372 e. The molecule has 0 saturated heterocycles. The molecule has 0 saturated carbocycles. The summed E-state index contributed by atoms with van der Waals surface area (Å²) in [6.45, 7) is -3.59. The predicted octanol–water partition coefficient (Wildman–Crippen LogP) is 12.5. The van der Waals surface area contributed by atoms with Crippen LogP contribution >= 0.6 is 0 Å². The smallest absolute Gasteiger partial charge is 0.265 e. The van der Waals surface area contributed by atoms with Crippen LogP contribution in [-0.2, 0) is 0 Å². The van der Waals surface area contributed by atoms with Gasteiger partial charge in [-0.1, -0.05) is 58.3 Å². The molecular formula is C50H28B2F30N2. The summed E-state index contributed by atoms with van der Waals surface area (Å²) in [6, 6.07) is 0. The molecule has 1 N–H and O–H groups in total.